The number of phosphoric ester groups is 1. The van der Waals surface area contributed by atoms with Crippen molar-refractivity contribution in [2.24, 2.45) is 17.2 Å². The first-order valence-electron chi connectivity index (χ1n) is 9.75. The van der Waals surface area contributed by atoms with E-state index >= 15 is 0 Å². The van der Waals surface area contributed by atoms with Gasteiger partial charge in [0, 0.05) is 6.07 Å². The molecule has 0 spiro atoms. The van der Waals surface area contributed by atoms with E-state index in [2.05, 4.69) is 9.52 Å². The number of hydrogen-bond acceptors (Lipinski definition) is 10. The number of nitrogens with one attached hydrogen (secondary N) is 1. The third kappa shape index (κ3) is 10.1. The number of rotatable bonds is 10. The van der Waals surface area contributed by atoms with E-state index in [0.29, 0.717) is 19.4 Å². The van der Waals surface area contributed by atoms with Gasteiger partial charge in [0.2, 0.25) is 0 Å². The van der Waals surface area contributed by atoms with Gasteiger partial charge in [-0.2, -0.15) is 4.57 Å². The fourth-order valence-electron chi connectivity index (χ4n) is 2.73. The van der Waals surface area contributed by atoms with E-state index in [1.807, 2.05) is 0 Å². The molecule has 1 aromatic rings. The quantitative estimate of drug-likeness (QED) is 0.0478. The van der Waals surface area contributed by atoms with E-state index in [4.69, 9.17) is 31.9 Å². The number of carboxylic acids is 2. The number of guanidine groups is 1. The minimum atomic E-state index is -4.99. The number of carboxylic acid groups (broad SMARTS) is 2. The average Bonchev–Trinajstić information content (AvgIpc) is 3.03. The molecule has 0 radical (unpaired) electrons. The number of ether oxygens (including phenoxy) is 1. The van der Waals surface area contributed by atoms with Crippen molar-refractivity contribution >= 4 is 25.7 Å². The Morgan fingerprint density at radius 1 is 1.32 bits per heavy atom. The maximum absolute atomic E-state index is 10.8. The second kappa shape index (κ2) is 13.3. The predicted molar refractivity (Wildman–Crippen MR) is 107 cm³/mol. The molecule has 17 heteroatoms. The Balaban J connectivity index is 0.000000411. The van der Waals surface area contributed by atoms with Crippen molar-refractivity contribution in [2.45, 2.75) is 43.4 Å². The van der Waals surface area contributed by atoms with Crippen molar-refractivity contribution in [2.75, 3.05) is 13.2 Å². The summed E-state index contributed by atoms with van der Waals surface area (Å²) in [6, 6.07) is 1.84. The number of aliphatic carboxylic acids is 1. The van der Waals surface area contributed by atoms with Crippen LogP contribution in [0.15, 0.2) is 24.5 Å². The SMILES string of the molecule is NC(N)=[NH+]CCC[C@H](N)C(=O)O.O=C([O-])c1ccc[n+]([C@@H]2O[C@H](COP(=O)([O-])O)[C@@H](O)[C@H]2O)c1. The van der Waals surface area contributed by atoms with Gasteiger partial charge in [-0.3, -0.25) is 25.8 Å². The van der Waals surface area contributed by atoms with E-state index in [-0.39, 0.29) is 11.5 Å². The molecule has 1 unspecified atom stereocenters. The van der Waals surface area contributed by atoms with Crippen molar-refractivity contribution in [1.82, 2.24) is 0 Å². The molecular weight excluding hydrogens is 481 g/mol. The Labute approximate surface area is 193 Å². The maximum atomic E-state index is 10.8. The van der Waals surface area contributed by atoms with Crippen LogP contribution < -0.4 is 36.8 Å². The summed E-state index contributed by atoms with van der Waals surface area (Å²) in [6.07, 6.45) is -1.77. The first kappa shape index (κ1) is 29.3. The molecule has 2 heterocycles. The maximum Gasteiger partial charge on any atom is 0.338 e. The fourth-order valence-corrected chi connectivity index (χ4v) is 3.07. The third-order valence-corrected chi connectivity index (χ3v) is 4.90. The van der Waals surface area contributed by atoms with Gasteiger partial charge >= 0.3 is 11.9 Å². The highest BCUT2D eigenvalue weighted by molar-refractivity contribution is 7.44. The Morgan fingerprint density at radius 2 is 1.97 bits per heavy atom. The average molecular weight is 509 g/mol. The molecule has 0 aromatic carbocycles. The summed E-state index contributed by atoms with van der Waals surface area (Å²) >= 11 is 0. The zero-order chi connectivity index (χ0) is 26.1. The Hall–Kier alpha value is -2.69. The van der Waals surface area contributed by atoms with Gasteiger partial charge in [-0.15, -0.1) is 0 Å². The number of pyridine rings is 1. The summed E-state index contributed by atoms with van der Waals surface area (Å²) in [5, 5.41) is 38.9. The highest BCUT2D eigenvalue weighted by atomic mass is 31.2. The Kier molecular flexibility index (Phi) is 11.4. The van der Waals surface area contributed by atoms with Gasteiger partial charge in [-0.25, -0.2) is 0 Å². The van der Waals surface area contributed by atoms with Gasteiger partial charge in [0.15, 0.2) is 18.5 Å². The number of nitrogens with two attached hydrogens (primary N) is 3. The molecule has 2 rings (SSSR count). The number of hydrogen-bond donors (Lipinski definition) is 8. The van der Waals surface area contributed by atoms with E-state index < -0.39 is 56.9 Å². The lowest BCUT2D eigenvalue weighted by Crippen LogP contribution is -2.78. The number of phosphoric acid groups is 1. The summed E-state index contributed by atoms with van der Waals surface area (Å²) in [5.41, 5.74) is 15.3. The summed E-state index contributed by atoms with van der Waals surface area (Å²) < 4.78 is 21.1. The van der Waals surface area contributed by atoms with Gasteiger partial charge < -0.3 is 50.0 Å². The van der Waals surface area contributed by atoms with Crippen LogP contribution in [0.3, 0.4) is 0 Å². The van der Waals surface area contributed by atoms with Crippen LogP contribution in [0.4, 0.5) is 0 Å². The van der Waals surface area contributed by atoms with Crippen LogP contribution in [0.2, 0.25) is 0 Å². The molecule has 0 saturated carbocycles. The minimum Gasteiger partial charge on any atom is -0.756 e. The Bertz CT molecular complexity index is 908. The molecule has 0 bridgehead atoms. The van der Waals surface area contributed by atoms with Crippen LogP contribution in [0.25, 0.3) is 0 Å². The van der Waals surface area contributed by atoms with E-state index in [1.165, 1.54) is 22.9 Å². The van der Waals surface area contributed by atoms with Crippen molar-refractivity contribution in [1.29, 1.82) is 0 Å². The van der Waals surface area contributed by atoms with Crippen LogP contribution in [-0.4, -0.2) is 75.6 Å². The molecule has 192 valence electrons. The molecule has 1 fully saturated rings. The zero-order valence-electron chi connectivity index (χ0n) is 17.8. The molecule has 1 aliphatic rings. The number of aliphatic hydroxyl groups excluding tert-OH is 2. The lowest BCUT2D eigenvalue weighted by Gasteiger charge is -2.19. The van der Waals surface area contributed by atoms with Crippen LogP contribution >= 0.6 is 7.82 Å². The van der Waals surface area contributed by atoms with E-state index in [1.54, 1.807) is 0 Å². The van der Waals surface area contributed by atoms with E-state index in [9.17, 15) is 34.4 Å². The monoisotopic (exact) mass is 509 g/mol. The molecule has 34 heavy (non-hydrogen) atoms. The molecule has 1 aromatic heterocycles. The molecule has 11 N–H and O–H groups in total. The normalized spacial score (nSPS) is 24.3. The second-order valence-corrected chi connectivity index (χ2v) is 8.30. The molecule has 1 aliphatic heterocycles. The minimum absolute atomic E-state index is 0.138. The number of carbonyl (C=O) groups excluding carboxylic acids is 1. The first-order chi connectivity index (χ1) is 15.7. The number of nitrogens with zero attached hydrogens (tertiary/aromatic N) is 1. The number of aromatic carboxylic acids is 1. The fraction of sp³-hybridized carbons (Fsp3) is 0.529. The summed E-state index contributed by atoms with van der Waals surface area (Å²) in [7, 11) is -4.99. The van der Waals surface area contributed by atoms with Crippen molar-refractivity contribution in [3.63, 3.8) is 0 Å². The number of aliphatic hydroxyl groups is 2. The standard InChI is InChI=1S/C11H14NO9P.C6H14N4O2/c13-8-7(5-20-22(17,18)19)21-10(9(8)14)12-3-1-2-6(4-12)11(15)16;7-4(5(11)12)2-1-3-10-6(8)9/h1-4,7-10,13-14H,5H2,(H2-,15,16,17,18,19);4H,1-3,7H2,(H,11,12)(H4,8,9,10)/t7-,8-,9-,10-;4-/m10/s1. The van der Waals surface area contributed by atoms with Crippen molar-refractivity contribution < 1.29 is 63.2 Å². The van der Waals surface area contributed by atoms with Crippen molar-refractivity contribution in [3.05, 3.63) is 30.1 Å². The van der Waals surface area contributed by atoms with Crippen molar-refractivity contribution in [3.8, 4) is 0 Å². The second-order valence-electron chi connectivity index (χ2n) is 7.11. The zero-order valence-corrected chi connectivity index (χ0v) is 18.7. The molecule has 6 atom stereocenters. The van der Waals surface area contributed by atoms with Crippen LogP contribution in [-0.2, 0) is 18.6 Å². The lowest BCUT2D eigenvalue weighted by molar-refractivity contribution is -0.765. The summed E-state index contributed by atoms with van der Waals surface area (Å²) in [5.74, 6) is -2.28. The predicted octanol–water partition coefficient (Wildman–Crippen LogP) is -7.03. The summed E-state index contributed by atoms with van der Waals surface area (Å²) in [6.45, 7) is -0.157. The molecule has 0 amide bonds. The number of aromatic nitrogens is 1. The van der Waals surface area contributed by atoms with Crippen LogP contribution in [0.1, 0.15) is 29.4 Å². The van der Waals surface area contributed by atoms with Crippen LogP contribution in [0, 0.1) is 0 Å². The molecule has 1 saturated heterocycles. The van der Waals surface area contributed by atoms with Gasteiger partial charge in [0.25, 0.3) is 14.1 Å². The van der Waals surface area contributed by atoms with E-state index in [0.717, 1.165) is 6.20 Å². The molecular formula is C17H28N5O11P. The van der Waals surface area contributed by atoms with Crippen LogP contribution in [0.5, 0.6) is 0 Å². The lowest BCUT2D eigenvalue weighted by atomic mass is 10.1. The highest BCUT2D eigenvalue weighted by Crippen LogP contribution is 2.33. The number of carbonyl (C=O) groups is 2. The topological polar surface area (TPSA) is 293 Å². The smallest absolute Gasteiger partial charge is 0.338 e. The molecule has 16 nitrogen and oxygen atoms in total. The van der Waals surface area contributed by atoms with Gasteiger partial charge in [-0.1, -0.05) is 0 Å². The highest BCUT2D eigenvalue weighted by Gasteiger charge is 2.48. The Morgan fingerprint density at radius 3 is 2.50 bits per heavy atom. The largest absolute Gasteiger partial charge is 0.756 e. The molecule has 0 aliphatic carbocycles. The van der Waals surface area contributed by atoms with Gasteiger partial charge in [0.05, 0.1) is 24.7 Å². The summed E-state index contributed by atoms with van der Waals surface area (Å²) in [4.78, 5) is 42.7. The third-order valence-electron chi connectivity index (χ3n) is 4.43. The van der Waals surface area contributed by atoms with Gasteiger partial charge in [0.1, 0.15) is 18.2 Å². The van der Waals surface area contributed by atoms with Gasteiger partial charge in [-0.05, 0) is 18.9 Å². The first-order valence-corrected chi connectivity index (χ1v) is 11.2.